The lowest BCUT2D eigenvalue weighted by molar-refractivity contribution is 0.382. The molecule has 0 radical (unpaired) electrons. The number of hydrogen-bond acceptors (Lipinski definition) is 3. The maximum atomic E-state index is 6.34. The van der Waals surface area contributed by atoms with Crippen molar-refractivity contribution in [1.29, 1.82) is 0 Å². The molecule has 1 unspecified atom stereocenters. The van der Waals surface area contributed by atoms with E-state index >= 15 is 0 Å². The molecule has 0 bridgehead atoms. The quantitative estimate of drug-likeness (QED) is 0.742. The highest BCUT2D eigenvalue weighted by Crippen LogP contribution is 2.33. The largest absolute Gasteiger partial charge is 0.497 e. The summed E-state index contributed by atoms with van der Waals surface area (Å²) in [5, 5.41) is -0.111. The minimum Gasteiger partial charge on any atom is -0.497 e. The van der Waals surface area contributed by atoms with Crippen molar-refractivity contribution in [3.63, 3.8) is 0 Å². The monoisotopic (exact) mass is 243 g/mol. The van der Waals surface area contributed by atoms with E-state index in [1.807, 2.05) is 37.2 Å². The Balaban J connectivity index is 2.98. The van der Waals surface area contributed by atoms with Gasteiger partial charge in [-0.2, -0.15) is 0 Å². The first-order valence-electron chi connectivity index (χ1n) is 5.09. The molecule has 1 atom stereocenters. The van der Waals surface area contributed by atoms with Gasteiger partial charge in [-0.1, -0.05) is 0 Å². The molecule has 0 fully saturated rings. The topological polar surface area (TPSA) is 21.7 Å². The molecule has 0 amide bonds. The van der Waals surface area contributed by atoms with Gasteiger partial charge in [-0.3, -0.25) is 0 Å². The van der Waals surface area contributed by atoms with Crippen molar-refractivity contribution < 1.29 is 9.47 Å². The Morgan fingerprint density at radius 2 is 1.94 bits per heavy atom. The number of halogens is 1. The van der Waals surface area contributed by atoms with Crippen molar-refractivity contribution in [3.05, 3.63) is 23.8 Å². The summed E-state index contributed by atoms with van der Waals surface area (Å²) in [4.78, 5) is 2.04. The summed E-state index contributed by atoms with van der Waals surface area (Å²) in [5.41, 5.74) is 0.956. The molecule has 90 valence electrons. The maximum absolute atomic E-state index is 6.34. The van der Waals surface area contributed by atoms with Crippen molar-refractivity contribution in [2.75, 3.05) is 34.9 Å². The molecule has 1 aromatic carbocycles. The third-order valence-electron chi connectivity index (χ3n) is 2.30. The number of likely N-dealkylation sites (N-methyl/N-ethyl adjacent to an activating group) is 1. The van der Waals surface area contributed by atoms with Gasteiger partial charge in [0.25, 0.3) is 0 Å². The minimum atomic E-state index is -0.111. The van der Waals surface area contributed by atoms with Gasteiger partial charge < -0.3 is 14.4 Å². The van der Waals surface area contributed by atoms with Crippen molar-refractivity contribution in [3.8, 4) is 11.5 Å². The second-order valence-electron chi connectivity index (χ2n) is 3.84. The first kappa shape index (κ1) is 13.1. The van der Waals surface area contributed by atoms with Crippen molar-refractivity contribution in [1.82, 2.24) is 4.90 Å². The van der Waals surface area contributed by atoms with Gasteiger partial charge >= 0.3 is 0 Å². The van der Waals surface area contributed by atoms with Gasteiger partial charge in [0, 0.05) is 12.1 Å². The van der Waals surface area contributed by atoms with Crippen LogP contribution in [-0.2, 0) is 0 Å². The summed E-state index contributed by atoms with van der Waals surface area (Å²) >= 11 is 6.34. The van der Waals surface area contributed by atoms with E-state index in [-0.39, 0.29) is 5.38 Å². The SMILES string of the molecule is COc1ccc(OC)c(C(Cl)CN(C)C)c1. The molecule has 1 rings (SSSR count). The normalized spacial score (nSPS) is 12.6. The van der Waals surface area contributed by atoms with E-state index in [2.05, 4.69) is 0 Å². The molecule has 0 aromatic heterocycles. The van der Waals surface area contributed by atoms with Gasteiger partial charge in [0.15, 0.2) is 0 Å². The lowest BCUT2D eigenvalue weighted by atomic mass is 10.1. The fraction of sp³-hybridized carbons (Fsp3) is 0.500. The van der Waals surface area contributed by atoms with Gasteiger partial charge in [-0.25, -0.2) is 0 Å². The van der Waals surface area contributed by atoms with Crippen LogP contribution in [-0.4, -0.2) is 39.8 Å². The Morgan fingerprint density at radius 3 is 2.44 bits per heavy atom. The standard InChI is InChI=1S/C12H18ClNO2/c1-14(2)8-11(13)10-7-9(15-3)5-6-12(10)16-4/h5-7,11H,8H2,1-4H3. The summed E-state index contributed by atoms with van der Waals surface area (Å²) in [6, 6.07) is 5.65. The predicted molar refractivity (Wildman–Crippen MR) is 66.7 cm³/mol. The van der Waals surface area contributed by atoms with Gasteiger partial charge in [0.1, 0.15) is 11.5 Å². The number of ether oxygens (including phenoxy) is 2. The Hall–Kier alpha value is -0.930. The van der Waals surface area contributed by atoms with E-state index in [1.54, 1.807) is 14.2 Å². The number of methoxy groups -OCH3 is 2. The van der Waals surface area contributed by atoms with Crippen molar-refractivity contribution in [2.24, 2.45) is 0 Å². The highest BCUT2D eigenvalue weighted by molar-refractivity contribution is 6.21. The van der Waals surface area contributed by atoms with Crippen LogP contribution in [0.1, 0.15) is 10.9 Å². The van der Waals surface area contributed by atoms with E-state index in [9.17, 15) is 0 Å². The number of alkyl halides is 1. The molecule has 1 aromatic rings. The van der Waals surface area contributed by atoms with Crippen LogP contribution in [0.3, 0.4) is 0 Å². The summed E-state index contributed by atoms with van der Waals surface area (Å²) in [6.45, 7) is 0.755. The smallest absolute Gasteiger partial charge is 0.123 e. The molecule has 0 heterocycles. The lowest BCUT2D eigenvalue weighted by Crippen LogP contribution is -2.17. The molecule has 0 aliphatic heterocycles. The molecule has 0 aliphatic rings. The molecular weight excluding hydrogens is 226 g/mol. The highest BCUT2D eigenvalue weighted by Gasteiger charge is 2.15. The first-order valence-corrected chi connectivity index (χ1v) is 5.53. The number of hydrogen-bond donors (Lipinski definition) is 0. The molecule has 0 aliphatic carbocycles. The number of nitrogens with zero attached hydrogens (tertiary/aromatic N) is 1. The second kappa shape index (κ2) is 5.97. The lowest BCUT2D eigenvalue weighted by Gasteiger charge is -2.18. The Labute approximate surface area is 102 Å². The van der Waals surface area contributed by atoms with Crippen LogP contribution in [0.15, 0.2) is 18.2 Å². The summed E-state index contributed by atoms with van der Waals surface area (Å²) in [6.07, 6.45) is 0. The van der Waals surface area contributed by atoms with Gasteiger partial charge in [0.2, 0.25) is 0 Å². The predicted octanol–water partition coefficient (Wildman–Crippen LogP) is 2.55. The number of benzene rings is 1. The summed E-state index contributed by atoms with van der Waals surface area (Å²) in [7, 11) is 7.26. The van der Waals surface area contributed by atoms with E-state index in [1.165, 1.54) is 0 Å². The maximum Gasteiger partial charge on any atom is 0.123 e. The van der Waals surface area contributed by atoms with E-state index < -0.39 is 0 Å². The van der Waals surface area contributed by atoms with Crippen LogP contribution in [0, 0.1) is 0 Å². The van der Waals surface area contributed by atoms with E-state index in [0.717, 1.165) is 23.6 Å². The average Bonchev–Trinajstić information content (AvgIpc) is 2.27. The fourth-order valence-electron chi connectivity index (χ4n) is 1.50. The molecule has 16 heavy (non-hydrogen) atoms. The van der Waals surface area contributed by atoms with Crippen LogP contribution in [0.5, 0.6) is 11.5 Å². The van der Waals surface area contributed by atoms with Gasteiger partial charge in [0.05, 0.1) is 19.6 Å². The second-order valence-corrected chi connectivity index (χ2v) is 4.36. The first-order chi connectivity index (χ1) is 7.58. The van der Waals surface area contributed by atoms with Crippen LogP contribution < -0.4 is 9.47 Å². The van der Waals surface area contributed by atoms with Gasteiger partial charge in [-0.05, 0) is 32.3 Å². The fourth-order valence-corrected chi connectivity index (χ4v) is 1.95. The average molecular weight is 244 g/mol. The molecule has 0 spiro atoms. The third-order valence-corrected chi connectivity index (χ3v) is 2.67. The summed E-state index contributed by atoms with van der Waals surface area (Å²) in [5.74, 6) is 1.59. The Morgan fingerprint density at radius 1 is 1.25 bits per heavy atom. The van der Waals surface area contributed by atoms with E-state index in [4.69, 9.17) is 21.1 Å². The van der Waals surface area contributed by atoms with Crippen molar-refractivity contribution in [2.45, 2.75) is 5.38 Å². The molecule has 0 saturated carbocycles. The molecule has 0 N–H and O–H groups in total. The zero-order chi connectivity index (χ0) is 12.1. The summed E-state index contributed by atoms with van der Waals surface area (Å²) < 4.78 is 10.5. The zero-order valence-corrected chi connectivity index (χ0v) is 10.9. The van der Waals surface area contributed by atoms with Crippen LogP contribution in [0.25, 0.3) is 0 Å². The molecule has 0 saturated heterocycles. The van der Waals surface area contributed by atoms with Gasteiger partial charge in [-0.15, -0.1) is 11.6 Å². The Kier molecular flexibility index (Phi) is 4.90. The zero-order valence-electron chi connectivity index (χ0n) is 10.2. The molecular formula is C12H18ClNO2. The van der Waals surface area contributed by atoms with Crippen LogP contribution >= 0.6 is 11.6 Å². The Bertz CT molecular complexity index is 342. The van der Waals surface area contributed by atoms with Crippen LogP contribution in [0.2, 0.25) is 0 Å². The molecule has 4 heteroatoms. The molecule has 3 nitrogen and oxygen atoms in total. The third kappa shape index (κ3) is 3.29. The minimum absolute atomic E-state index is 0.111. The van der Waals surface area contributed by atoms with E-state index in [0.29, 0.717) is 0 Å². The number of rotatable bonds is 5. The van der Waals surface area contributed by atoms with Crippen molar-refractivity contribution >= 4 is 11.6 Å². The highest BCUT2D eigenvalue weighted by atomic mass is 35.5. The van der Waals surface area contributed by atoms with Crippen LogP contribution in [0.4, 0.5) is 0 Å².